The normalized spacial score (nSPS) is 25.1. The number of nitrogens with zero attached hydrogens (tertiary/aromatic N) is 2. The second-order valence-corrected chi connectivity index (χ2v) is 7.14. The highest BCUT2D eigenvalue weighted by atomic mass is 16.2. The van der Waals surface area contributed by atoms with E-state index in [9.17, 15) is 9.59 Å². The molecule has 6 nitrogen and oxygen atoms in total. The minimum Gasteiger partial charge on any atom is -0.352 e. The Morgan fingerprint density at radius 1 is 1.16 bits per heavy atom. The van der Waals surface area contributed by atoms with E-state index in [4.69, 9.17) is 5.73 Å². The van der Waals surface area contributed by atoms with Gasteiger partial charge in [0.05, 0.1) is 0 Å². The highest BCUT2D eigenvalue weighted by molar-refractivity contribution is 5.86. The first-order chi connectivity index (χ1) is 12.1. The summed E-state index contributed by atoms with van der Waals surface area (Å²) in [5, 5.41) is 2.52. The Morgan fingerprint density at radius 3 is 2.56 bits per heavy atom. The Labute approximate surface area is 149 Å². The third-order valence-electron chi connectivity index (χ3n) is 5.40. The van der Waals surface area contributed by atoms with Crippen LogP contribution >= 0.6 is 0 Å². The second-order valence-electron chi connectivity index (χ2n) is 7.14. The average molecular weight is 344 g/mol. The molecule has 2 fully saturated rings. The summed E-state index contributed by atoms with van der Waals surface area (Å²) < 4.78 is 0. The van der Waals surface area contributed by atoms with Crippen LogP contribution in [-0.2, 0) is 11.3 Å². The molecule has 136 valence electrons. The number of carbonyl (C=O) groups is 2. The van der Waals surface area contributed by atoms with Crippen LogP contribution in [0.5, 0.6) is 0 Å². The van der Waals surface area contributed by atoms with Crippen LogP contribution in [-0.4, -0.2) is 53.0 Å². The molecule has 0 radical (unpaired) electrons. The number of carbonyl (C=O) groups excluding carboxylic acids is 2. The smallest absolute Gasteiger partial charge is 0.312 e. The van der Waals surface area contributed by atoms with Crippen LogP contribution in [0.4, 0.5) is 4.79 Å². The zero-order valence-corrected chi connectivity index (χ0v) is 14.9. The lowest BCUT2D eigenvalue weighted by molar-refractivity contribution is -0.134. The summed E-state index contributed by atoms with van der Waals surface area (Å²) in [6, 6.07) is 9.91. The molecule has 0 saturated carbocycles. The summed E-state index contributed by atoms with van der Waals surface area (Å²) in [7, 11) is 0. The lowest BCUT2D eigenvalue weighted by atomic mass is 10.0. The molecule has 2 aliphatic heterocycles. The topological polar surface area (TPSA) is 78.7 Å². The molecule has 3 N–H and O–H groups in total. The highest BCUT2D eigenvalue weighted by Crippen LogP contribution is 2.31. The fourth-order valence-corrected chi connectivity index (χ4v) is 4.29. The standard InChI is InChI=1S/C19H28N4O2/c1-14(21-19(20)25)18(24)23-12-6-10-17(23)16-9-5-11-22(16)13-15-7-3-2-4-8-15/h2-4,7-8,14,16-17H,5-6,9-13H2,1H3,(H3,20,21,25)/t14-,16+,17+/m0/s1. The molecule has 2 aliphatic rings. The van der Waals surface area contributed by atoms with Gasteiger partial charge in [0.25, 0.3) is 0 Å². The molecular formula is C19H28N4O2. The molecule has 1 aromatic carbocycles. The van der Waals surface area contributed by atoms with Crippen LogP contribution in [0.3, 0.4) is 0 Å². The van der Waals surface area contributed by atoms with Crippen molar-refractivity contribution in [2.75, 3.05) is 13.1 Å². The van der Waals surface area contributed by atoms with Crippen molar-refractivity contribution in [2.24, 2.45) is 5.73 Å². The monoisotopic (exact) mass is 344 g/mol. The van der Waals surface area contributed by atoms with Crippen molar-refractivity contribution in [1.29, 1.82) is 0 Å². The summed E-state index contributed by atoms with van der Waals surface area (Å²) in [6.45, 7) is 4.48. The zero-order chi connectivity index (χ0) is 17.8. The average Bonchev–Trinajstić information content (AvgIpc) is 3.23. The molecule has 2 heterocycles. The van der Waals surface area contributed by atoms with E-state index in [1.165, 1.54) is 12.0 Å². The van der Waals surface area contributed by atoms with Gasteiger partial charge in [0.2, 0.25) is 5.91 Å². The lowest BCUT2D eigenvalue weighted by Gasteiger charge is -2.36. The molecule has 6 heteroatoms. The van der Waals surface area contributed by atoms with Gasteiger partial charge in [-0.25, -0.2) is 4.79 Å². The number of primary amides is 1. The number of nitrogens with two attached hydrogens (primary N) is 1. The molecule has 0 unspecified atom stereocenters. The molecule has 3 amide bonds. The predicted molar refractivity (Wildman–Crippen MR) is 96.8 cm³/mol. The van der Waals surface area contributed by atoms with Gasteiger partial charge in [-0.2, -0.15) is 0 Å². The van der Waals surface area contributed by atoms with E-state index in [-0.39, 0.29) is 11.9 Å². The number of hydrogen-bond donors (Lipinski definition) is 2. The van der Waals surface area contributed by atoms with E-state index in [1.807, 2.05) is 11.0 Å². The maximum absolute atomic E-state index is 12.8. The fraction of sp³-hybridized carbons (Fsp3) is 0.579. The molecule has 0 aromatic heterocycles. The van der Waals surface area contributed by atoms with Gasteiger partial charge in [0.15, 0.2) is 0 Å². The van der Waals surface area contributed by atoms with Gasteiger partial charge in [-0.1, -0.05) is 30.3 Å². The number of hydrogen-bond acceptors (Lipinski definition) is 3. The number of amides is 3. The van der Waals surface area contributed by atoms with Crippen LogP contribution in [0.25, 0.3) is 0 Å². The van der Waals surface area contributed by atoms with Crippen LogP contribution in [0.15, 0.2) is 30.3 Å². The molecule has 3 rings (SSSR count). The molecule has 3 atom stereocenters. The fourth-order valence-electron chi connectivity index (χ4n) is 4.29. The molecule has 0 bridgehead atoms. The van der Waals surface area contributed by atoms with Crippen LogP contribution in [0.1, 0.15) is 38.2 Å². The van der Waals surface area contributed by atoms with Crippen LogP contribution in [0, 0.1) is 0 Å². The Balaban J connectivity index is 1.68. The Bertz CT molecular complexity index is 607. The number of urea groups is 1. The van der Waals surface area contributed by atoms with Crippen molar-refractivity contribution in [3.63, 3.8) is 0 Å². The maximum atomic E-state index is 12.8. The van der Waals surface area contributed by atoms with Gasteiger partial charge in [0.1, 0.15) is 6.04 Å². The summed E-state index contributed by atoms with van der Waals surface area (Å²) >= 11 is 0. The third-order valence-corrected chi connectivity index (χ3v) is 5.40. The van der Waals surface area contributed by atoms with Gasteiger partial charge >= 0.3 is 6.03 Å². The Morgan fingerprint density at radius 2 is 1.84 bits per heavy atom. The van der Waals surface area contributed by atoms with Crippen molar-refractivity contribution in [3.05, 3.63) is 35.9 Å². The van der Waals surface area contributed by atoms with Crippen LogP contribution < -0.4 is 11.1 Å². The SMILES string of the molecule is C[C@H](NC(N)=O)C(=O)N1CCC[C@@H]1[C@H]1CCCN1Cc1ccccc1. The zero-order valence-electron chi connectivity index (χ0n) is 14.9. The first-order valence-electron chi connectivity index (χ1n) is 9.20. The Hall–Kier alpha value is -2.08. The van der Waals surface area contributed by atoms with E-state index < -0.39 is 12.1 Å². The van der Waals surface area contributed by atoms with E-state index in [0.29, 0.717) is 6.04 Å². The highest BCUT2D eigenvalue weighted by Gasteiger charge is 2.40. The molecule has 25 heavy (non-hydrogen) atoms. The van der Waals surface area contributed by atoms with Gasteiger partial charge < -0.3 is 16.0 Å². The van der Waals surface area contributed by atoms with Gasteiger partial charge in [-0.3, -0.25) is 9.69 Å². The predicted octanol–water partition coefficient (Wildman–Crippen LogP) is 1.70. The van der Waals surface area contributed by atoms with Crippen molar-refractivity contribution in [1.82, 2.24) is 15.1 Å². The van der Waals surface area contributed by atoms with Crippen molar-refractivity contribution >= 4 is 11.9 Å². The molecule has 1 aromatic rings. The van der Waals surface area contributed by atoms with Gasteiger partial charge in [-0.15, -0.1) is 0 Å². The summed E-state index contributed by atoms with van der Waals surface area (Å²) in [5.41, 5.74) is 6.48. The first kappa shape index (κ1) is 17.7. The lowest BCUT2D eigenvalue weighted by Crippen LogP contribution is -2.54. The van der Waals surface area contributed by atoms with E-state index >= 15 is 0 Å². The van der Waals surface area contributed by atoms with Gasteiger partial charge in [-0.05, 0) is 44.7 Å². The van der Waals surface area contributed by atoms with Crippen molar-refractivity contribution in [2.45, 2.75) is 57.3 Å². The minimum absolute atomic E-state index is 0.0205. The molecule has 0 spiro atoms. The molecular weight excluding hydrogens is 316 g/mol. The minimum atomic E-state index is -0.650. The number of nitrogens with one attached hydrogen (secondary N) is 1. The van der Waals surface area contributed by atoms with Gasteiger partial charge in [0, 0.05) is 25.2 Å². The quantitative estimate of drug-likeness (QED) is 0.853. The third kappa shape index (κ3) is 4.12. The number of likely N-dealkylation sites (tertiary alicyclic amines) is 2. The van der Waals surface area contributed by atoms with E-state index in [0.717, 1.165) is 38.9 Å². The van der Waals surface area contributed by atoms with Crippen LogP contribution in [0.2, 0.25) is 0 Å². The number of benzene rings is 1. The summed E-state index contributed by atoms with van der Waals surface area (Å²) in [4.78, 5) is 28.3. The largest absolute Gasteiger partial charge is 0.352 e. The summed E-state index contributed by atoms with van der Waals surface area (Å²) in [6.07, 6.45) is 4.35. The first-order valence-corrected chi connectivity index (χ1v) is 9.20. The van der Waals surface area contributed by atoms with Crippen molar-refractivity contribution in [3.8, 4) is 0 Å². The molecule has 2 saturated heterocycles. The van der Waals surface area contributed by atoms with Crippen molar-refractivity contribution < 1.29 is 9.59 Å². The Kier molecular flexibility index (Phi) is 5.58. The molecule has 0 aliphatic carbocycles. The maximum Gasteiger partial charge on any atom is 0.312 e. The van der Waals surface area contributed by atoms with E-state index in [2.05, 4.69) is 34.5 Å². The second kappa shape index (κ2) is 7.87. The van der Waals surface area contributed by atoms with E-state index in [1.54, 1.807) is 6.92 Å². The number of rotatable bonds is 5. The summed E-state index contributed by atoms with van der Waals surface area (Å²) in [5.74, 6) is -0.0205.